The first-order valence-electron chi connectivity index (χ1n) is 6.82. The van der Waals surface area contributed by atoms with Gasteiger partial charge in [0, 0.05) is 18.7 Å². The number of hydrogen-bond acceptors (Lipinski definition) is 7. The summed E-state index contributed by atoms with van der Waals surface area (Å²) in [6.45, 7) is 5.04. The van der Waals surface area contributed by atoms with Gasteiger partial charge in [-0.25, -0.2) is 0 Å². The predicted octanol–water partition coefficient (Wildman–Crippen LogP) is 2.55. The molecule has 0 saturated heterocycles. The van der Waals surface area contributed by atoms with Gasteiger partial charge in [-0.05, 0) is 24.2 Å². The van der Waals surface area contributed by atoms with Crippen molar-refractivity contribution < 1.29 is 13.9 Å². The van der Waals surface area contributed by atoms with Gasteiger partial charge < -0.3 is 19.2 Å². The van der Waals surface area contributed by atoms with Crippen LogP contribution in [0, 0.1) is 6.92 Å². The average Bonchev–Trinajstić information content (AvgIpc) is 3.11. The highest BCUT2D eigenvalue weighted by molar-refractivity contribution is 7.99. The Bertz CT molecular complexity index is 617. The zero-order chi connectivity index (χ0) is 14.7. The van der Waals surface area contributed by atoms with Gasteiger partial charge >= 0.3 is 0 Å². The van der Waals surface area contributed by atoms with E-state index in [2.05, 4.69) is 28.5 Å². The Hall–Kier alpha value is -1.73. The van der Waals surface area contributed by atoms with E-state index in [1.54, 1.807) is 18.7 Å². The molecule has 1 aromatic heterocycles. The smallest absolute Gasteiger partial charge is 0.276 e. The number of benzene rings is 1. The molecule has 1 aromatic carbocycles. The molecule has 2 aromatic rings. The van der Waals surface area contributed by atoms with E-state index in [9.17, 15) is 0 Å². The van der Waals surface area contributed by atoms with Crippen molar-refractivity contribution in [1.82, 2.24) is 15.5 Å². The van der Waals surface area contributed by atoms with Gasteiger partial charge in [0.2, 0.25) is 12.7 Å². The van der Waals surface area contributed by atoms with Crippen LogP contribution >= 0.6 is 11.8 Å². The van der Waals surface area contributed by atoms with E-state index in [0.29, 0.717) is 17.9 Å². The Labute approximate surface area is 127 Å². The number of nitrogens with zero attached hydrogens (tertiary/aromatic N) is 2. The first kappa shape index (κ1) is 14.2. The number of fused-ring (bicyclic) bond motifs is 1. The Balaban J connectivity index is 1.71. The molecule has 1 N–H and O–H groups in total. The van der Waals surface area contributed by atoms with E-state index in [-0.39, 0.29) is 6.04 Å². The van der Waals surface area contributed by atoms with Gasteiger partial charge in [0.05, 0.1) is 0 Å². The van der Waals surface area contributed by atoms with Crippen molar-refractivity contribution >= 4 is 11.8 Å². The largest absolute Gasteiger partial charge is 0.454 e. The maximum atomic E-state index is 5.44. The molecule has 1 aliphatic heterocycles. The molecule has 1 atom stereocenters. The molecular formula is C14H17N3O3S. The highest BCUT2D eigenvalue weighted by Crippen LogP contribution is 2.35. The summed E-state index contributed by atoms with van der Waals surface area (Å²) >= 11 is 1.54. The average molecular weight is 307 g/mol. The molecule has 0 bridgehead atoms. The Morgan fingerprint density at radius 1 is 1.29 bits per heavy atom. The molecule has 112 valence electrons. The Morgan fingerprint density at radius 3 is 2.90 bits per heavy atom. The van der Waals surface area contributed by atoms with Crippen LogP contribution in [0.1, 0.15) is 24.4 Å². The molecule has 1 aliphatic rings. The lowest BCUT2D eigenvalue weighted by atomic mass is 10.1. The number of nitrogens with one attached hydrogen (secondary N) is 1. The van der Waals surface area contributed by atoms with E-state index >= 15 is 0 Å². The molecule has 0 radical (unpaired) electrons. The van der Waals surface area contributed by atoms with Crippen molar-refractivity contribution in [2.75, 3.05) is 19.1 Å². The lowest BCUT2D eigenvalue weighted by Gasteiger charge is -2.17. The Morgan fingerprint density at radius 2 is 2.14 bits per heavy atom. The summed E-state index contributed by atoms with van der Waals surface area (Å²) in [5.41, 5.74) is 1.16. The fraction of sp³-hybridized carbons (Fsp3) is 0.429. The van der Waals surface area contributed by atoms with Gasteiger partial charge in [-0.3, -0.25) is 0 Å². The summed E-state index contributed by atoms with van der Waals surface area (Å²) in [6, 6.07) is 6.21. The second-order valence-electron chi connectivity index (χ2n) is 4.62. The summed E-state index contributed by atoms with van der Waals surface area (Å²) in [6.07, 6.45) is 0. The summed E-state index contributed by atoms with van der Waals surface area (Å²) in [7, 11) is 0. The van der Waals surface area contributed by atoms with Crippen molar-refractivity contribution in [3.63, 3.8) is 0 Å². The van der Waals surface area contributed by atoms with E-state index in [1.165, 1.54) is 0 Å². The first-order chi connectivity index (χ1) is 10.3. The standard InChI is InChI=1S/C14H17N3O3S/c1-3-15-11(7-21-14-17-16-9(2)20-14)10-4-5-12-13(6-10)19-8-18-12/h4-6,11,15H,3,7-8H2,1-2H3. The van der Waals surface area contributed by atoms with Crippen LogP contribution in [0.15, 0.2) is 27.8 Å². The molecule has 0 amide bonds. The molecule has 1 unspecified atom stereocenters. The zero-order valence-corrected chi connectivity index (χ0v) is 12.8. The third-order valence-corrected chi connectivity index (χ3v) is 4.04. The second-order valence-corrected chi connectivity index (χ2v) is 5.59. The number of aromatic nitrogens is 2. The predicted molar refractivity (Wildman–Crippen MR) is 78.7 cm³/mol. The van der Waals surface area contributed by atoms with Crippen LogP contribution in [0.2, 0.25) is 0 Å². The minimum Gasteiger partial charge on any atom is -0.454 e. The zero-order valence-electron chi connectivity index (χ0n) is 12.0. The maximum absolute atomic E-state index is 5.44. The van der Waals surface area contributed by atoms with E-state index in [4.69, 9.17) is 13.9 Å². The van der Waals surface area contributed by atoms with Gasteiger partial charge in [0.25, 0.3) is 5.22 Å². The van der Waals surface area contributed by atoms with E-state index < -0.39 is 0 Å². The van der Waals surface area contributed by atoms with Crippen molar-refractivity contribution in [1.29, 1.82) is 0 Å². The second kappa shape index (κ2) is 6.36. The lowest BCUT2D eigenvalue weighted by molar-refractivity contribution is 0.174. The number of rotatable bonds is 6. The number of thioether (sulfide) groups is 1. The highest BCUT2D eigenvalue weighted by Gasteiger charge is 2.18. The molecule has 3 rings (SSSR count). The Kier molecular flexibility index (Phi) is 4.31. The maximum Gasteiger partial charge on any atom is 0.276 e. The highest BCUT2D eigenvalue weighted by atomic mass is 32.2. The molecule has 7 heteroatoms. The van der Waals surface area contributed by atoms with Crippen molar-refractivity contribution in [2.24, 2.45) is 0 Å². The van der Waals surface area contributed by atoms with Crippen LogP contribution in [0.5, 0.6) is 11.5 Å². The number of ether oxygens (including phenoxy) is 2. The lowest BCUT2D eigenvalue weighted by Crippen LogP contribution is -2.22. The number of aryl methyl sites for hydroxylation is 1. The van der Waals surface area contributed by atoms with Crippen LogP contribution in [-0.4, -0.2) is 29.3 Å². The molecule has 21 heavy (non-hydrogen) atoms. The van der Waals surface area contributed by atoms with Gasteiger partial charge in [-0.1, -0.05) is 24.8 Å². The van der Waals surface area contributed by atoms with Crippen molar-refractivity contribution in [2.45, 2.75) is 25.1 Å². The third kappa shape index (κ3) is 3.30. The van der Waals surface area contributed by atoms with Gasteiger partial charge in [0.15, 0.2) is 11.5 Å². The summed E-state index contributed by atoms with van der Waals surface area (Å²) in [5.74, 6) is 2.98. The quantitative estimate of drug-likeness (QED) is 0.822. The monoisotopic (exact) mass is 307 g/mol. The van der Waals surface area contributed by atoms with Crippen molar-refractivity contribution in [3.05, 3.63) is 29.7 Å². The van der Waals surface area contributed by atoms with Gasteiger partial charge in [0.1, 0.15) is 0 Å². The van der Waals surface area contributed by atoms with Gasteiger partial charge in [-0.2, -0.15) is 0 Å². The normalized spacial score (nSPS) is 14.4. The molecule has 0 aliphatic carbocycles. The molecular weight excluding hydrogens is 290 g/mol. The fourth-order valence-electron chi connectivity index (χ4n) is 2.14. The van der Waals surface area contributed by atoms with E-state index in [0.717, 1.165) is 29.4 Å². The van der Waals surface area contributed by atoms with Crippen LogP contribution in [0.3, 0.4) is 0 Å². The minimum absolute atomic E-state index is 0.182. The minimum atomic E-state index is 0.182. The number of hydrogen-bond donors (Lipinski definition) is 1. The molecule has 6 nitrogen and oxygen atoms in total. The van der Waals surface area contributed by atoms with Crippen LogP contribution in [-0.2, 0) is 0 Å². The van der Waals surface area contributed by atoms with E-state index in [1.807, 2.05) is 12.1 Å². The molecule has 0 fully saturated rings. The third-order valence-electron chi connectivity index (χ3n) is 3.13. The van der Waals surface area contributed by atoms with Crippen LogP contribution in [0.25, 0.3) is 0 Å². The van der Waals surface area contributed by atoms with Gasteiger partial charge in [-0.15, -0.1) is 10.2 Å². The first-order valence-corrected chi connectivity index (χ1v) is 7.80. The summed E-state index contributed by atoms with van der Waals surface area (Å²) in [5, 5.41) is 11.9. The molecule has 0 spiro atoms. The fourth-order valence-corrected chi connectivity index (χ4v) is 3.04. The summed E-state index contributed by atoms with van der Waals surface area (Å²) in [4.78, 5) is 0. The van der Waals surface area contributed by atoms with Crippen molar-refractivity contribution in [3.8, 4) is 11.5 Å². The van der Waals surface area contributed by atoms with Crippen LogP contribution in [0.4, 0.5) is 0 Å². The topological polar surface area (TPSA) is 69.4 Å². The summed E-state index contributed by atoms with van der Waals surface area (Å²) < 4.78 is 16.2. The molecule has 0 saturated carbocycles. The SMILES string of the molecule is CCNC(CSc1nnc(C)o1)c1ccc2c(c1)OCO2. The molecule has 2 heterocycles. The van der Waals surface area contributed by atoms with Crippen LogP contribution < -0.4 is 14.8 Å².